The lowest BCUT2D eigenvalue weighted by Gasteiger charge is -2.26. The topological polar surface area (TPSA) is 145 Å². The van der Waals surface area contributed by atoms with Crippen LogP contribution in [0.15, 0.2) is 78.4 Å². The van der Waals surface area contributed by atoms with Crippen molar-refractivity contribution in [3.63, 3.8) is 0 Å². The van der Waals surface area contributed by atoms with Gasteiger partial charge < -0.3 is 9.47 Å². The standard InChI is InChI=1S/C26H19N3O8/c1-36-25(32)17-8-12-19(13-9-17)28-24(31)21(23(30)27-26(28)33)14-18-4-2-3-5-22(18)37-15-16-6-10-20(11-7-16)29(34)35/h2-14H,15H2,1H3,(H,27,30,33)/b21-14+. The summed E-state index contributed by atoms with van der Waals surface area (Å²) in [5.74, 6) is -1.96. The number of methoxy groups -OCH3 is 1. The van der Waals surface area contributed by atoms with Crippen molar-refractivity contribution in [3.8, 4) is 5.75 Å². The van der Waals surface area contributed by atoms with Crippen LogP contribution < -0.4 is 15.0 Å². The first-order chi connectivity index (χ1) is 17.8. The molecule has 11 heteroatoms. The van der Waals surface area contributed by atoms with Crippen LogP contribution in [-0.4, -0.2) is 35.8 Å². The molecule has 37 heavy (non-hydrogen) atoms. The Bertz CT molecular complexity index is 1430. The fraction of sp³-hybridized carbons (Fsp3) is 0.0769. The number of barbiturate groups is 1. The van der Waals surface area contributed by atoms with Gasteiger partial charge in [0.05, 0.1) is 23.3 Å². The van der Waals surface area contributed by atoms with E-state index in [1.807, 2.05) is 0 Å². The van der Waals surface area contributed by atoms with Gasteiger partial charge in [-0.05, 0) is 54.1 Å². The van der Waals surface area contributed by atoms with Crippen LogP contribution in [0, 0.1) is 10.1 Å². The van der Waals surface area contributed by atoms with Crippen molar-refractivity contribution in [2.24, 2.45) is 0 Å². The normalized spacial score (nSPS) is 14.4. The lowest BCUT2D eigenvalue weighted by atomic mass is 10.1. The summed E-state index contributed by atoms with van der Waals surface area (Å²) in [6, 6.07) is 17.1. The van der Waals surface area contributed by atoms with Gasteiger partial charge in [0.2, 0.25) is 0 Å². The number of urea groups is 1. The van der Waals surface area contributed by atoms with Crippen LogP contribution in [0.4, 0.5) is 16.2 Å². The summed E-state index contributed by atoms with van der Waals surface area (Å²) in [5.41, 5.74) is 1.10. The molecule has 186 valence electrons. The smallest absolute Gasteiger partial charge is 0.337 e. The van der Waals surface area contributed by atoms with Gasteiger partial charge in [-0.25, -0.2) is 14.5 Å². The molecule has 1 aliphatic heterocycles. The predicted molar refractivity (Wildman–Crippen MR) is 131 cm³/mol. The molecule has 0 saturated carbocycles. The first-order valence-electron chi connectivity index (χ1n) is 10.8. The number of rotatable bonds is 7. The molecular formula is C26H19N3O8. The van der Waals surface area contributed by atoms with E-state index in [4.69, 9.17) is 4.74 Å². The quantitative estimate of drug-likeness (QED) is 0.170. The monoisotopic (exact) mass is 501 g/mol. The number of esters is 1. The first-order valence-corrected chi connectivity index (χ1v) is 10.8. The van der Waals surface area contributed by atoms with Crippen LogP contribution >= 0.6 is 0 Å². The van der Waals surface area contributed by atoms with Gasteiger partial charge in [0.1, 0.15) is 17.9 Å². The zero-order valence-corrected chi connectivity index (χ0v) is 19.4. The molecule has 3 aromatic carbocycles. The van der Waals surface area contributed by atoms with Gasteiger partial charge in [0.25, 0.3) is 17.5 Å². The number of hydrogen-bond donors (Lipinski definition) is 1. The van der Waals surface area contributed by atoms with Crippen LogP contribution in [0.1, 0.15) is 21.5 Å². The Morgan fingerprint density at radius 3 is 2.32 bits per heavy atom. The molecule has 0 unspecified atom stereocenters. The third-order valence-electron chi connectivity index (χ3n) is 5.41. The average molecular weight is 501 g/mol. The third-order valence-corrected chi connectivity index (χ3v) is 5.41. The number of imide groups is 2. The molecule has 0 aromatic heterocycles. The number of benzene rings is 3. The molecule has 0 atom stereocenters. The van der Waals surface area contributed by atoms with Crippen molar-refractivity contribution < 1.29 is 33.6 Å². The summed E-state index contributed by atoms with van der Waals surface area (Å²) in [6.07, 6.45) is 1.31. The number of hydrogen-bond acceptors (Lipinski definition) is 8. The molecule has 4 rings (SSSR count). The van der Waals surface area contributed by atoms with Crippen molar-refractivity contribution in [2.75, 3.05) is 12.0 Å². The molecule has 1 aliphatic rings. The fourth-order valence-corrected chi connectivity index (χ4v) is 3.52. The maximum Gasteiger partial charge on any atom is 0.337 e. The highest BCUT2D eigenvalue weighted by Crippen LogP contribution is 2.26. The number of non-ortho nitro benzene ring substituents is 1. The average Bonchev–Trinajstić information content (AvgIpc) is 2.90. The Hall–Kier alpha value is -5.32. The minimum atomic E-state index is -0.930. The molecule has 3 aromatic rings. The number of nitro groups is 1. The van der Waals surface area contributed by atoms with Gasteiger partial charge in [0, 0.05) is 17.7 Å². The zero-order valence-electron chi connectivity index (χ0n) is 19.4. The third kappa shape index (κ3) is 5.35. The maximum absolute atomic E-state index is 13.2. The van der Waals surface area contributed by atoms with Crippen LogP contribution in [0.2, 0.25) is 0 Å². The highest BCUT2D eigenvalue weighted by Gasteiger charge is 2.37. The summed E-state index contributed by atoms with van der Waals surface area (Å²) in [7, 11) is 1.23. The van der Waals surface area contributed by atoms with E-state index in [1.54, 1.807) is 36.4 Å². The van der Waals surface area contributed by atoms with Crippen molar-refractivity contribution in [2.45, 2.75) is 6.61 Å². The molecule has 0 radical (unpaired) electrons. The summed E-state index contributed by atoms with van der Waals surface area (Å²) in [5, 5.41) is 13.0. The number of nitro benzene ring substituents is 1. The number of carbonyl (C=O) groups is 4. The number of anilines is 1. The molecule has 1 N–H and O–H groups in total. The fourth-order valence-electron chi connectivity index (χ4n) is 3.52. The molecule has 1 heterocycles. The number of ether oxygens (including phenoxy) is 2. The second-order valence-corrected chi connectivity index (χ2v) is 7.75. The van der Waals surface area contributed by atoms with Gasteiger partial charge >= 0.3 is 12.0 Å². The van der Waals surface area contributed by atoms with E-state index in [0.29, 0.717) is 16.9 Å². The van der Waals surface area contributed by atoms with E-state index >= 15 is 0 Å². The van der Waals surface area contributed by atoms with E-state index in [0.717, 1.165) is 4.90 Å². The van der Waals surface area contributed by atoms with E-state index in [-0.39, 0.29) is 29.1 Å². The minimum absolute atomic E-state index is 0.0465. The lowest BCUT2D eigenvalue weighted by molar-refractivity contribution is -0.384. The Labute approximate surface area is 210 Å². The summed E-state index contributed by atoms with van der Waals surface area (Å²) >= 11 is 0. The van der Waals surface area contributed by atoms with E-state index in [9.17, 15) is 29.3 Å². The SMILES string of the molecule is COC(=O)c1ccc(N2C(=O)NC(=O)/C(=C\c3ccccc3OCc3ccc([N+](=O)[O-])cc3)C2=O)cc1. The van der Waals surface area contributed by atoms with E-state index in [2.05, 4.69) is 10.1 Å². The number of amides is 4. The largest absolute Gasteiger partial charge is 0.488 e. The molecule has 1 saturated heterocycles. The minimum Gasteiger partial charge on any atom is -0.488 e. The summed E-state index contributed by atoms with van der Waals surface area (Å²) < 4.78 is 10.5. The summed E-state index contributed by atoms with van der Waals surface area (Å²) in [6.45, 7) is 0.0788. The van der Waals surface area contributed by atoms with E-state index in [1.165, 1.54) is 49.6 Å². The second kappa shape index (κ2) is 10.5. The zero-order chi connectivity index (χ0) is 26.5. The highest BCUT2D eigenvalue weighted by molar-refractivity contribution is 6.39. The van der Waals surface area contributed by atoms with E-state index < -0.39 is 28.7 Å². The van der Waals surface area contributed by atoms with Crippen molar-refractivity contribution in [1.29, 1.82) is 0 Å². The molecule has 0 bridgehead atoms. The predicted octanol–water partition coefficient (Wildman–Crippen LogP) is 3.63. The van der Waals surface area contributed by atoms with Gasteiger partial charge in [-0.15, -0.1) is 0 Å². The Balaban J connectivity index is 1.58. The van der Waals surface area contributed by atoms with Gasteiger partial charge in [-0.2, -0.15) is 0 Å². The molecule has 0 aliphatic carbocycles. The Morgan fingerprint density at radius 1 is 1.00 bits per heavy atom. The van der Waals surface area contributed by atoms with Crippen LogP contribution in [-0.2, 0) is 20.9 Å². The maximum atomic E-state index is 13.2. The van der Waals surface area contributed by atoms with Crippen molar-refractivity contribution in [3.05, 3.63) is 105 Å². The Morgan fingerprint density at radius 2 is 1.68 bits per heavy atom. The number of nitrogens with one attached hydrogen (secondary N) is 1. The van der Waals surface area contributed by atoms with Crippen LogP contribution in [0.5, 0.6) is 5.75 Å². The van der Waals surface area contributed by atoms with Crippen molar-refractivity contribution in [1.82, 2.24) is 5.32 Å². The number of nitrogens with zero attached hydrogens (tertiary/aromatic N) is 2. The highest BCUT2D eigenvalue weighted by atomic mass is 16.6. The molecule has 0 spiro atoms. The summed E-state index contributed by atoms with van der Waals surface area (Å²) in [4.78, 5) is 61.0. The van der Waals surface area contributed by atoms with Gasteiger partial charge in [-0.3, -0.25) is 25.0 Å². The number of para-hydroxylation sites is 1. The van der Waals surface area contributed by atoms with Crippen molar-refractivity contribution >= 4 is 41.3 Å². The molecule has 11 nitrogen and oxygen atoms in total. The Kier molecular flexibility index (Phi) is 7.05. The second-order valence-electron chi connectivity index (χ2n) is 7.75. The molecular weight excluding hydrogens is 482 g/mol. The first kappa shape index (κ1) is 24.8. The lowest BCUT2D eigenvalue weighted by Crippen LogP contribution is -2.54. The van der Waals surface area contributed by atoms with Crippen LogP contribution in [0.3, 0.4) is 0 Å². The van der Waals surface area contributed by atoms with Gasteiger partial charge in [-0.1, -0.05) is 18.2 Å². The molecule has 4 amide bonds. The number of carbonyl (C=O) groups excluding carboxylic acids is 4. The molecule has 1 fully saturated rings. The van der Waals surface area contributed by atoms with Gasteiger partial charge in [0.15, 0.2) is 0 Å². The van der Waals surface area contributed by atoms with Crippen LogP contribution in [0.25, 0.3) is 6.08 Å².